The maximum absolute atomic E-state index is 10.4. The first-order chi connectivity index (χ1) is 5.99. The average Bonchev–Trinajstić information content (AvgIpc) is 2.04. The number of aliphatic carboxylic acids is 1. The largest absolute Gasteiger partial charge is 0.480 e. The lowest BCUT2D eigenvalue weighted by atomic mass is 10.1. The average molecular weight is 224 g/mol. The van der Waals surface area contributed by atoms with Crippen LogP contribution in [-0.2, 0) is 25.4 Å². The molecule has 0 aromatic heterocycles. The smallest absolute Gasteiger partial charge is 0.320 e. The van der Waals surface area contributed by atoms with Gasteiger partial charge in [0.05, 0.1) is 0 Å². The van der Waals surface area contributed by atoms with Crippen LogP contribution in [0.15, 0.2) is 0 Å². The van der Waals surface area contributed by atoms with E-state index >= 15 is 0 Å². The molecule has 0 fully saturated rings. The molecule has 3 atom stereocenters. The van der Waals surface area contributed by atoms with Gasteiger partial charge in [-0.3, -0.25) is 4.79 Å². The van der Waals surface area contributed by atoms with Crippen LogP contribution in [0.5, 0.6) is 0 Å². The molecule has 0 rings (SSSR count). The van der Waals surface area contributed by atoms with Crippen molar-refractivity contribution >= 4 is 26.6 Å². The van der Waals surface area contributed by atoms with Gasteiger partial charge in [0.25, 0.3) is 0 Å². The fourth-order valence-corrected chi connectivity index (χ4v) is 2.17. The molecule has 0 aliphatic carbocycles. The van der Waals surface area contributed by atoms with Gasteiger partial charge >= 0.3 is 5.97 Å². The third-order valence-electron chi connectivity index (χ3n) is 1.85. The standard InChI is InChI=1S/C7H16N2O2S2/c1-13(12)5(4-8)2-3-6(9)7(10)11/h5-6H,2-4,8-9H2,1H3,(H,10,11)/t5-,6-,13?/m0/s1. The van der Waals surface area contributed by atoms with Crippen molar-refractivity contribution in [2.45, 2.75) is 24.1 Å². The molecule has 78 valence electrons. The van der Waals surface area contributed by atoms with Crippen molar-refractivity contribution in [3.8, 4) is 0 Å². The van der Waals surface area contributed by atoms with Gasteiger partial charge in [-0.15, -0.1) is 9.45 Å². The van der Waals surface area contributed by atoms with E-state index in [0.29, 0.717) is 19.4 Å². The Bertz CT molecular complexity index is 199. The lowest BCUT2D eigenvalue weighted by Gasteiger charge is -2.15. The summed E-state index contributed by atoms with van der Waals surface area (Å²) >= 11 is 5.08. The highest BCUT2D eigenvalue weighted by Crippen LogP contribution is 2.05. The van der Waals surface area contributed by atoms with Crippen LogP contribution in [0.25, 0.3) is 0 Å². The van der Waals surface area contributed by atoms with Gasteiger partial charge in [-0.1, -0.05) is 11.2 Å². The van der Waals surface area contributed by atoms with Crippen molar-refractivity contribution in [3.05, 3.63) is 0 Å². The lowest BCUT2D eigenvalue weighted by molar-refractivity contribution is -0.138. The number of carboxylic acid groups (broad SMARTS) is 1. The van der Waals surface area contributed by atoms with E-state index in [4.69, 9.17) is 27.8 Å². The molecule has 13 heavy (non-hydrogen) atoms. The van der Waals surface area contributed by atoms with Crippen LogP contribution in [0.1, 0.15) is 12.8 Å². The van der Waals surface area contributed by atoms with E-state index in [9.17, 15) is 4.79 Å². The number of carboxylic acids is 1. The summed E-state index contributed by atoms with van der Waals surface area (Å²) in [6.45, 7) is 0.509. The SMILES string of the molecule is CS(=S)[C@H](CN)CC[C@H](N)C(=O)O. The van der Waals surface area contributed by atoms with Gasteiger partial charge in [0.15, 0.2) is 0 Å². The topological polar surface area (TPSA) is 89.3 Å². The number of hydrogen-bond acceptors (Lipinski definition) is 4. The molecule has 0 bridgehead atoms. The van der Waals surface area contributed by atoms with Gasteiger partial charge in [0.1, 0.15) is 6.04 Å². The minimum Gasteiger partial charge on any atom is -0.480 e. The minimum atomic E-state index is -0.962. The summed E-state index contributed by atoms with van der Waals surface area (Å²) in [6, 6.07) is -0.785. The number of hydrogen-bond donors (Lipinski definition) is 3. The first-order valence-electron chi connectivity index (χ1n) is 3.99. The zero-order valence-corrected chi connectivity index (χ0v) is 9.24. The molecule has 0 aromatic rings. The van der Waals surface area contributed by atoms with Gasteiger partial charge in [-0.25, -0.2) is 0 Å². The van der Waals surface area contributed by atoms with E-state index < -0.39 is 12.0 Å². The molecule has 5 N–H and O–H groups in total. The summed E-state index contributed by atoms with van der Waals surface area (Å²) in [4.78, 5) is 10.4. The summed E-state index contributed by atoms with van der Waals surface area (Å²) in [5.74, 6) is -0.962. The van der Waals surface area contributed by atoms with Crippen molar-refractivity contribution < 1.29 is 9.90 Å². The second kappa shape index (κ2) is 6.42. The highest BCUT2D eigenvalue weighted by Gasteiger charge is 2.15. The van der Waals surface area contributed by atoms with Crippen molar-refractivity contribution in [2.24, 2.45) is 11.5 Å². The molecular formula is C7H16N2O2S2. The van der Waals surface area contributed by atoms with Gasteiger partial charge in [0.2, 0.25) is 0 Å². The minimum absolute atomic E-state index is 0.173. The van der Waals surface area contributed by atoms with Crippen LogP contribution in [0, 0.1) is 0 Å². The second-order valence-corrected chi connectivity index (χ2v) is 6.12. The van der Waals surface area contributed by atoms with Gasteiger partial charge in [-0.05, 0) is 19.1 Å². The molecule has 0 spiro atoms. The molecule has 0 aliphatic rings. The number of rotatable bonds is 6. The molecule has 4 nitrogen and oxygen atoms in total. The van der Waals surface area contributed by atoms with E-state index in [1.165, 1.54) is 0 Å². The number of carbonyl (C=O) groups is 1. The predicted molar refractivity (Wildman–Crippen MR) is 58.3 cm³/mol. The van der Waals surface area contributed by atoms with Crippen LogP contribution in [0.2, 0.25) is 0 Å². The van der Waals surface area contributed by atoms with Gasteiger partial charge in [-0.2, -0.15) is 0 Å². The first kappa shape index (κ1) is 13.0. The Balaban J connectivity index is 3.85. The molecule has 6 heteroatoms. The Labute approximate surface area is 85.3 Å². The van der Waals surface area contributed by atoms with Crippen LogP contribution < -0.4 is 11.5 Å². The van der Waals surface area contributed by atoms with Crippen LogP contribution in [-0.4, -0.2) is 35.2 Å². The Kier molecular flexibility index (Phi) is 6.40. The third-order valence-corrected chi connectivity index (χ3v) is 4.03. The molecule has 0 radical (unpaired) electrons. The van der Waals surface area contributed by atoms with Gasteiger partial charge in [0, 0.05) is 11.8 Å². The maximum Gasteiger partial charge on any atom is 0.320 e. The van der Waals surface area contributed by atoms with E-state index in [1.54, 1.807) is 0 Å². The summed E-state index contributed by atoms with van der Waals surface area (Å²) < 4.78 is 0. The zero-order valence-electron chi connectivity index (χ0n) is 7.60. The first-order valence-corrected chi connectivity index (χ1v) is 6.61. The fraction of sp³-hybridized carbons (Fsp3) is 0.857. The van der Waals surface area contributed by atoms with E-state index in [0.717, 1.165) is 0 Å². The maximum atomic E-state index is 10.4. The summed E-state index contributed by atoms with van der Waals surface area (Å²) in [5.41, 5.74) is 10.8. The molecule has 0 saturated carbocycles. The van der Waals surface area contributed by atoms with Crippen LogP contribution in [0.3, 0.4) is 0 Å². The Morgan fingerprint density at radius 2 is 2.15 bits per heavy atom. The van der Waals surface area contributed by atoms with Crippen molar-refractivity contribution in [1.29, 1.82) is 0 Å². The molecule has 0 aromatic carbocycles. The molecular weight excluding hydrogens is 208 g/mol. The summed E-state index contributed by atoms with van der Waals surface area (Å²) in [6.07, 6.45) is 3.08. The van der Waals surface area contributed by atoms with Crippen LogP contribution in [0.4, 0.5) is 0 Å². The quantitative estimate of drug-likeness (QED) is 0.550. The Morgan fingerprint density at radius 3 is 2.46 bits per heavy atom. The van der Waals surface area contributed by atoms with Crippen LogP contribution >= 0.6 is 0 Å². The van der Waals surface area contributed by atoms with E-state index in [-0.39, 0.29) is 14.7 Å². The summed E-state index contributed by atoms with van der Waals surface area (Å²) in [5, 5.41) is 8.75. The van der Waals surface area contributed by atoms with E-state index in [2.05, 4.69) is 0 Å². The van der Waals surface area contributed by atoms with Crippen molar-refractivity contribution in [3.63, 3.8) is 0 Å². The highest BCUT2D eigenvalue weighted by molar-refractivity contribution is 8.28. The molecule has 0 heterocycles. The molecule has 0 amide bonds. The zero-order chi connectivity index (χ0) is 10.4. The Hall–Kier alpha value is -0.0400. The van der Waals surface area contributed by atoms with E-state index in [1.807, 2.05) is 6.26 Å². The fourth-order valence-electron chi connectivity index (χ4n) is 0.908. The van der Waals surface area contributed by atoms with Crippen molar-refractivity contribution in [1.82, 2.24) is 0 Å². The van der Waals surface area contributed by atoms with Crippen molar-refractivity contribution in [2.75, 3.05) is 12.8 Å². The molecule has 0 aliphatic heterocycles. The predicted octanol–water partition coefficient (Wildman–Crippen LogP) is -0.784. The third kappa shape index (κ3) is 5.30. The lowest BCUT2D eigenvalue weighted by Crippen LogP contribution is -2.33. The Morgan fingerprint density at radius 1 is 1.62 bits per heavy atom. The highest BCUT2D eigenvalue weighted by atomic mass is 32.8. The van der Waals surface area contributed by atoms with Gasteiger partial charge < -0.3 is 16.6 Å². The molecule has 0 saturated heterocycles. The summed E-state index contributed by atoms with van der Waals surface area (Å²) in [7, 11) is -0.173. The second-order valence-electron chi connectivity index (χ2n) is 2.88. The monoisotopic (exact) mass is 224 g/mol. The normalized spacial score (nSPS) is 17.8. The number of nitrogens with two attached hydrogens (primary N) is 2. The molecule has 1 unspecified atom stereocenters.